The van der Waals surface area contributed by atoms with Crippen LogP contribution in [0.3, 0.4) is 0 Å². The Morgan fingerprint density at radius 1 is 1.67 bits per heavy atom. The number of halogens is 2. The van der Waals surface area contributed by atoms with Crippen molar-refractivity contribution in [3.63, 3.8) is 0 Å². The molecule has 0 fully saturated rings. The Hall–Kier alpha value is 0.0900. The third kappa shape index (κ3) is 3.55. The van der Waals surface area contributed by atoms with E-state index in [1.165, 1.54) is 11.3 Å². The molecule has 0 saturated carbocycles. The smallest absolute Gasteiger partial charge is 0.261 e. The lowest BCUT2D eigenvalue weighted by molar-refractivity contribution is 0.0919. The van der Waals surface area contributed by atoms with Crippen LogP contribution in [-0.4, -0.2) is 23.7 Å². The van der Waals surface area contributed by atoms with Crippen LogP contribution in [0.5, 0.6) is 0 Å². The number of aliphatic hydroxyl groups excluding tert-OH is 1. The van der Waals surface area contributed by atoms with Gasteiger partial charge >= 0.3 is 0 Å². The fourth-order valence-electron chi connectivity index (χ4n) is 0.992. The Kier molecular flexibility index (Phi) is 5.25. The minimum absolute atomic E-state index is 0.0318. The number of hydrogen-bond donors (Lipinski definition) is 2. The van der Waals surface area contributed by atoms with E-state index in [1.54, 1.807) is 6.07 Å². The molecule has 0 aliphatic carbocycles. The van der Waals surface area contributed by atoms with Crippen molar-refractivity contribution in [3.05, 3.63) is 19.2 Å². The molecule has 0 bridgehead atoms. The summed E-state index contributed by atoms with van der Waals surface area (Å²) in [5.41, 5.74) is 0. The van der Waals surface area contributed by atoms with Crippen LogP contribution in [0.15, 0.2) is 14.3 Å². The third-order valence-electron chi connectivity index (χ3n) is 1.92. The molecule has 3 nitrogen and oxygen atoms in total. The summed E-state index contributed by atoms with van der Waals surface area (Å²) in [6.45, 7) is 1.89. The first-order chi connectivity index (χ1) is 7.08. The molecule has 1 rings (SSSR count). The van der Waals surface area contributed by atoms with Gasteiger partial charge in [0.25, 0.3) is 5.91 Å². The largest absolute Gasteiger partial charge is 0.394 e. The zero-order valence-electron chi connectivity index (χ0n) is 8.09. The van der Waals surface area contributed by atoms with Crippen LogP contribution in [0.25, 0.3) is 0 Å². The van der Waals surface area contributed by atoms with Gasteiger partial charge in [-0.3, -0.25) is 4.79 Å². The number of amides is 1. The van der Waals surface area contributed by atoms with Gasteiger partial charge in [-0.2, -0.15) is 0 Å². The standard InChI is InChI=1S/C9H11Br2NO2S/c1-2-5(4-13)12-9(14)7-3-6(10)8(11)15-7/h3,5,13H,2,4H2,1H3,(H,12,14). The second kappa shape index (κ2) is 5.98. The minimum Gasteiger partial charge on any atom is -0.394 e. The molecule has 0 spiro atoms. The number of rotatable bonds is 4. The van der Waals surface area contributed by atoms with Crippen LogP contribution in [0.1, 0.15) is 23.0 Å². The van der Waals surface area contributed by atoms with Crippen LogP contribution in [0.2, 0.25) is 0 Å². The summed E-state index contributed by atoms with van der Waals surface area (Å²) >= 11 is 8.01. The molecular formula is C9H11Br2NO2S. The van der Waals surface area contributed by atoms with Gasteiger partial charge in [-0.25, -0.2) is 0 Å². The van der Waals surface area contributed by atoms with Crippen molar-refractivity contribution in [3.8, 4) is 0 Å². The predicted octanol–water partition coefficient (Wildman–Crippen LogP) is 2.77. The topological polar surface area (TPSA) is 49.3 Å². The summed E-state index contributed by atoms with van der Waals surface area (Å²) < 4.78 is 1.76. The number of aliphatic hydroxyl groups is 1. The highest BCUT2D eigenvalue weighted by atomic mass is 79.9. The molecule has 15 heavy (non-hydrogen) atoms. The molecule has 0 aliphatic heterocycles. The van der Waals surface area contributed by atoms with Gasteiger partial charge in [0.2, 0.25) is 0 Å². The fraction of sp³-hybridized carbons (Fsp3) is 0.444. The fourth-order valence-corrected chi connectivity index (χ4v) is 2.93. The van der Waals surface area contributed by atoms with E-state index in [-0.39, 0.29) is 18.6 Å². The maximum atomic E-state index is 11.7. The molecule has 84 valence electrons. The van der Waals surface area contributed by atoms with Crippen molar-refractivity contribution in [2.45, 2.75) is 19.4 Å². The van der Waals surface area contributed by atoms with E-state index in [0.717, 1.165) is 14.7 Å². The zero-order valence-corrected chi connectivity index (χ0v) is 12.1. The predicted molar refractivity (Wildman–Crippen MR) is 68.4 cm³/mol. The van der Waals surface area contributed by atoms with Crippen molar-refractivity contribution in [1.82, 2.24) is 5.32 Å². The monoisotopic (exact) mass is 355 g/mol. The summed E-state index contributed by atoms with van der Waals surface area (Å²) in [6.07, 6.45) is 0.718. The summed E-state index contributed by atoms with van der Waals surface area (Å²) in [5.74, 6) is -0.146. The van der Waals surface area contributed by atoms with Crippen LogP contribution < -0.4 is 5.32 Å². The van der Waals surface area contributed by atoms with E-state index >= 15 is 0 Å². The summed E-state index contributed by atoms with van der Waals surface area (Å²) in [4.78, 5) is 12.3. The molecule has 1 atom stereocenters. The number of carbonyl (C=O) groups excluding carboxylic acids is 1. The molecule has 0 radical (unpaired) electrons. The van der Waals surface area contributed by atoms with E-state index in [4.69, 9.17) is 5.11 Å². The van der Waals surface area contributed by atoms with E-state index in [0.29, 0.717) is 4.88 Å². The van der Waals surface area contributed by atoms with E-state index in [1.807, 2.05) is 6.92 Å². The summed E-state index contributed by atoms with van der Waals surface area (Å²) in [7, 11) is 0. The highest BCUT2D eigenvalue weighted by Gasteiger charge is 2.14. The van der Waals surface area contributed by atoms with Crippen LogP contribution in [0.4, 0.5) is 0 Å². The Bertz CT molecular complexity index is 330. The van der Waals surface area contributed by atoms with Crippen molar-refractivity contribution in [2.75, 3.05) is 6.61 Å². The first-order valence-electron chi connectivity index (χ1n) is 4.45. The van der Waals surface area contributed by atoms with Crippen molar-refractivity contribution in [1.29, 1.82) is 0 Å². The molecule has 6 heteroatoms. The summed E-state index contributed by atoms with van der Waals surface area (Å²) in [5, 5.41) is 11.7. The third-order valence-corrected chi connectivity index (χ3v) is 5.17. The average Bonchev–Trinajstić information content (AvgIpc) is 2.55. The molecular weight excluding hydrogens is 346 g/mol. The van der Waals surface area contributed by atoms with Crippen molar-refractivity contribution in [2.24, 2.45) is 0 Å². The highest BCUT2D eigenvalue weighted by molar-refractivity contribution is 9.13. The minimum atomic E-state index is -0.169. The summed E-state index contributed by atoms with van der Waals surface area (Å²) in [6, 6.07) is 1.59. The molecule has 0 aromatic carbocycles. The highest BCUT2D eigenvalue weighted by Crippen LogP contribution is 2.32. The average molecular weight is 357 g/mol. The number of thiophene rings is 1. The van der Waals surface area contributed by atoms with Crippen LogP contribution in [-0.2, 0) is 0 Å². The quantitative estimate of drug-likeness (QED) is 0.871. The SMILES string of the molecule is CCC(CO)NC(=O)c1cc(Br)c(Br)s1. The van der Waals surface area contributed by atoms with Gasteiger partial charge in [0, 0.05) is 4.47 Å². The number of carbonyl (C=O) groups is 1. The van der Waals surface area contributed by atoms with Gasteiger partial charge in [-0.05, 0) is 44.3 Å². The molecule has 1 amide bonds. The van der Waals surface area contributed by atoms with Crippen LogP contribution in [0, 0.1) is 0 Å². The second-order valence-electron chi connectivity index (χ2n) is 2.99. The Morgan fingerprint density at radius 2 is 2.33 bits per heavy atom. The molecule has 2 N–H and O–H groups in total. The van der Waals surface area contributed by atoms with Gasteiger partial charge in [-0.1, -0.05) is 6.92 Å². The van der Waals surface area contributed by atoms with Crippen LogP contribution >= 0.6 is 43.2 Å². The maximum absolute atomic E-state index is 11.7. The maximum Gasteiger partial charge on any atom is 0.261 e. The lowest BCUT2D eigenvalue weighted by atomic mass is 10.2. The Balaban J connectivity index is 2.68. The van der Waals surface area contributed by atoms with Crippen molar-refractivity contribution >= 4 is 49.1 Å². The van der Waals surface area contributed by atoms with E-state index in [9.17, 15) is 4.79 Å². The molecule has 1 aromatic rings. The number of hydrogen-bond acceptors (Lipinski definition) is 3. The van der Waals surface area contributed by atoms with E-state index < -0.39 is 0 Å². The van der Waals surface area contributed by atoms with Gasteiger partial charge in [0.05, 0.1) is 21.3 Å². The zero-order chi connectivity index (χ0) is 11.4. The normalized spacial score (nSPS) is 12.5. The molecule has 0 aliphatic rings. The van der Waals surface area contributed by atoms with Gasteiger partial charge in [-0.15, -0.1) is 11.3 Å². The first-order valence-corrected chi connectivity index (χ1v) is 6.85. The van der Waals surface area contributed by atoms with Gasteiger partial charge in [0.15, 0.2) is 0 Å². The van der Waals surface area contributed by atoms with Crippen molar-refractivity contribution < 1.29 is 9.90 Å². The molecule has 1 aromatic heterocycles. The Labute approximate surface area is 109 Å². The molecule has 1 unspecified atom stereocenters. The molecule has 1 heterocycles. The van der Waals surface area contributed by atoms with Gasteiger partial charge in [0.1, 0.15) is 0 Å². The lowest BCUT2D eigenvalue weighted by Crippen LogP contribution is -2.36. The molecule has 0 saturated heterocycles. The second-order valence-corrected chi connectivity index (χ2v) is 6.22. The Morgan fingerprint density at radius 3 is 2.73 bits per heavy atom. The lowest BCUT2D eigenvalue weighted by Gasteiger charge is -2.12. The first kappa shape index (κ1) is 13.2. The van der Waals surface area contributed by atoms with E-state index in [2.05, 4.69) is 37.2 Å². The van der Waals surface area contributed by atoms with Gasteiger partial charge < -0.3 is 10.4 Å². The number of nitrogens with one attached hydrogen (secondary N) is 1.